The van der Waals surface area contributed by atoms with Crippen molar-refractivity contribution in [2.75, 3.05) is 5.73 Å². The van der Waals surface area contributed by atoms with Crippen LogP contribution < -0.4 is 5.73 Å². The van der Waals surface area contributed by atoms with Crippen LogP contribution >= 0.6 is 0 Å². The molecule has 0 atom stereocenters. The number of aromatic nitrogens is 2. The Bertz CT molecular complexity index is 538. The van der Waals surface area contributed by atoms with E-state index < -0.39 is 0 Å². The number of rotatable bonds is 4. The smallest absolute Gasteiger partial charge is 0.142 e. The number of nitrogens with two attached hydrogens (primary N) is 1. The molecule has 0 aliphatic heterocycles. The fourth-order valence-electron chi connectivity index (χ4n) is 2.03. The van der Waals surface area contributed by atoms with Crippen molar-refractivity contribution in [3.8, 4) is 11.4 Å². The van der Waals surface area contributed by atoms with E-state index in [2.05, 4.69) is 25.4 Å². The van der Waals surface area contributed by atoms with Gasteiger partial charge in [-0.2, -0.15) is 0 Å². The summed E-state index contributed by atoms with van der Waals surface area (Å²) in [6.45, 7) is 8.66. The molecule has 1 aromatic carbocycles. The molecule has 0 unspecified atom stereocenters. The van der Waals surface area contributed by atoms with Crippen molar-refractivity contribution in [1.29, 1.82) is 0 Å². The SMILES string of the molecule is C=CCn1c(-c2ccccc2)nc(C(C)C)c1N. The van der Waals surface area contributed by atoms with E-state index in [1.54, 1.807) is 0 Å². The molecule has 3 heteroatoms. The van der Waals surface area contributed by atoms with Gasteiger partial charge in [0.15, 0.2) is 0 Å². The Hall–Kier alpha value is -2.03. The lowest BCUT2D eigenvalue weighted by atomic mass is 10.1. The summed E-state index contributed by atoms with van der Waals surface area (Å²) in [6, 6.07) is 10.1. The highest BCUT2D eigenvalue weighted by atomic mass is 15.1. The molecule has 94 valence electrons. The van der Waals surface area contributed by atoms with E-state index in [-0.39, 0.29) is 0 Å². The van der Waals surface area contributed by atoms with Crippen molar-refractivity contribution in [1.82, 2.24) is 9.55 Å². The zero-order valence-corrected chi connectivity index (χ0v) is 10.9. The molecule has 0 bridgehead atoms. The molecule has 1 aromatic heterocycles. The Labute approximate surface area is 108 Å². The fraction of sp³-hybridized carbons (Fsp3) is 0.267. The maximum Gasteiger partial charge on any atom is 0.142 e. The summed E-state index contributed by atoms with van der Waals surface area (Å²) in [7, 11) is 0. The number of hydrogen-bond donors (Lipinski definition) is 1. The molecule has 0 fully saturated rings. The van der Waals surface area contributed by atoms with Crippen LogP contribution in [0.1, 0.15) is 25.5 Å². The highest BCUT2D eigenvalue weighted by Gasteiger charge is 2.17. The molecule has 0 amide bonds. The Morgan fingerprint density at radius 3 is 2.56 bits per heavy atom. The topological polar surface area (TPSA) is 43.8 Å². The molecule has 0 saturated carbocycles. The van der Waals surface area contributed by atoms with Crippen LogP contribution in [-0.4, -0.2) is 9.55 Å². The predicted octanol–water partition coefficient (Wildman–Crippen LogP) is 3.44. The van der Waals surface area contributed by atoms with Crippen molar-refractivity contribution in [3.63, 3.8) is 0 Å². The van der Waals surface area contributed by atoms with Crippen LogP contribution in [0.4, 0.5) is 5.82 Å². The van der Waals surface area contributed by atoms with Gasteiger partial charge < -0.3 is 10.3 Å². The van der Waals surface area contributed by atoms with Crippen molar-refractivity contribution < 1.29 is 0 Å². The Morgan fingerprint density at radius 2 is 2.00 bits per heavy atom. The molecule has 18 heavy (non-hydrogen) atoms. The molecule has 0 aliphatic rings. The Morgan fingerprint density at radius 1 is 1.33 bits per heavy atom. The molecule has 2 rings (SSSR count). The summed E-state index contributed by atoms with van der Waals surface area (Å²) in [5, 5.41) is 0. The van der Waals surface area contributed by atoms with Gasteiger partial charge in [0.25, 0.3) is 0 Å². The van der Waals surface area contributed by atoms with Crippen LogP contribution in [0.5, 0.6) is 0 Å². The van der Waals surface area contributed by atoms with E-state index in [4.69, 9.17) is 5.73 Å². The van der Waals surface area contributed by atoms with Gasteiger partial charge in [-0.1, -0.05) is 50.3 Å². The average molecular weight is 241 g/mol. The molecule has 0 aliphatic carbocycles. The Kier molecular flexibility index (Phi) is 3.51. The van der Waals surface area contributed by atoms with Gasteiger partial charge in [-0.25, -0.2) is 4.98 Å². The summed E-state index contributed by atoms with van der Waals surface area (Å²) >= 11 is 0. The minimum absolute atomic E-state index is 0.318. The fourth-order valence-corrected chi connectivity index (χ4v) is 2.03. The van der Waals surface area contributed by atoms with Gasteiger partial charge in [0.1, 0.15) is 11.6 Å². The molecule has 2 N–H and O–H groups in total. The lowest BCUT2D eigenvalue weighted by Crippen LogP contribution is -2.04. The van der Waals surface area contributed by atoms with Gasteiger partial charge >= 0.3 is 0 Å². The van der Waals surface area contributed by atoms with E-state index >= 15 is 0 Å². The first-order valence-corrected chi connectivity index (χ1v) is 6.17. The third-order valence-electron chi connectivity index (χ3n) is 2.93. The van der Waals surface area contributed by atoms with E-state index in [0.29, 0.717) is 12.5 Å². The van der Waals surface area contributed by atoms with Gasteiger partial charge in [-0.3, -0.25) is 0 Å². The normalized spacial score (nSPS) is 10.8. The summed E-state index contributed by atoms with van der Waals surface area (Å²) in [6.07, 6.45) is 1.84. The molecule has 1 heterocycles. The molecular formula is C15H19N3. The first kappa shape index (κ1) is 12.4. The van der Waals surface area contributed by atoms with E-state index in [9.17, 15) is 0 Å². The predicted molar refractivity (Wildman–Crippen MR) is 76.4 cm³/mol. The minimum atomic E-state index is 0.318. The summed E-state index contributed by atoms with van der Waals surface area (Å²) in [4.78, 5) is 4.69. The lowest BCUT2D eigenvalue weighted by Gasteiger charge is -2.07. The molecule has 0 saturated heterocycles. The van der Waals surface area contributed by atoms with E-state index in [1.165, 1.54) is 0 Å². The van der Waals surface area contributed by atoms with Crippen LogP contribution in [0.15, 0.2) is 43.0 Å². The van der Waals surface area contributed by atoms with Gasteiger partial charge in [0.2, 0.25) is 0 Å². The largest absolute Gasteiger partial charge is 0.384 e. The van der Waals surface area contributed by atoms with Crippen molar-refractivity contribution in [2.24, 2.45) is 0 Å². The number of nitrogens with zero attached hydrogens (tertiary/aromatic N) is 2. The first-order chi connectivity index (χ1) is 8.65. The first-order valence-electron chi connectivity index (χ1n) is 6.17. The van der Waals surface area contributed by atoms with Gasteiger partial charge in [-0.15, -0.1) is 6.58 Å². The van der Waals surface area contributed by atoms with Crippen LogP contribution in [0, 0.1) is 0 Å². The third kappa shape index (κ3) is 2.16. The quantitative estimate of drug-likeness (QED) is 0.833. The maximum absolute atomic E-state index is 6.18. The average Bonchev–Trinajstić information content (AvgIpc) is 2.69. The number of imidazole rings is 1. The highest BCUT2D eigenvalue weighted by molar-refractivity contribution is 5.61. The Balaban J connectivity index is 2.59. The summed E-state index contributed by atoms with van der Waals surface area (Å²) in [5.41, 5.74) is 8.22. The van der Waals surface area contributed by atoms with Gasteiger partial charge in [-0.05, 0) is 5.92 Å². The number of nitrogen functional groups attached to an aromatic ring is 1. The molecule has 2 aromatic rings. The van der Waals surface area contributed by atoms with Crippen molar-refractivity contribution >= 4 is 5.82 Å². The zero-order valence-electron chi connectivity index (χ0n) is 10.9. The molecular weight excluding hydrogens is 222 g/mol. The van der Waals surface area contributed by atoms with Crippen LogP contribution in [-0.2, 0) is 6.54 Å². The minimum Gasteiger partial charge on any atom is -0.384 e. The second-order valence-electron chi connectivity index (χ2n) is 4.63. The second-order valence-corrected chi connectivity index (χ2v) is 4.63. The molecule has 0 spiro atoms. The second kappa shape index (κ2) is 5.08. The number of benzene rings is 1. The van der Waals surface area contributed by atoms with E-state index in [1.807, 2.05) is 41.0 Å². The van der Waals surface area contributed by atoms with Gasteiger partial charge in [0, 0.05) is 12.1 Å². The summed E-state index contributed by atoms with van der Waals surface area (Å²) in [5.74, 6) is 1.97. The van der Waals surface area contributed by atoms with Crippen molar-refractivity contribution in [2.45, 2.75) is 26.3 Å². The van der Waals surface area contributed by atoms with Crippen LogP contribution in [0.2, 0.25) is 0 Å². The third-order valence-corrected chi connectivity index (χ3v) is 2.93. The molecule has 3 nitrogen and oxygen atoms in total. The number of allylic oxidation sites excluding steroid dienone is 1. The lowest BCUT2D eigenvalue weighted by molar-refractivity contribution is 0.824. The van der Waals surface area contributed by atoms with Gasteiger partial charge in [0.05, 0.1) is 5.69 Å². The maximum atomic E-state index is 6.18. The van der Waals surface area contributed by atoms with Crippen LogP contribution in [0.3, 0.4) is 0 Å². The molecule has 0 radical (unpaired) electrons. The number of anilines is 1. The van der Waals surface area contributed by atoms with E-state index in [0.717, 1.165) is 22.9 Å². The van der Waals surface area contributed by atoms with Crippen LogP contribution in [0.25, 0.3) is 11.4 Å². The zero-order chi connectivity index (χ0) is 13.1. The monoisotopic (exact) mass is 241 g/mol. The van der Waals surface area contributed by atoms with Crippen molar-refractivity contribution in [3.05, 3.63) is 48.7 Å². The standard InChI is InChI=1S/C15H19N3/c1-4-10-18-14(16)13(11(2)3)17-15(18)12-8-6-5-7-9-12/h4-9,11H,1,10,16H2,2-3H3. The highest BCUT2D eigenvalue weighted by Crippen LogP contribution is 2.28. The summed E-state index contributed by atoms with van der Waals surface area (Å²) < 4.78 is 2.01. The number of hydrogen-bond acceptors (Lipinski definition) is 2.